The average Bonchev–Trinajstić information content (AvgIpc) is 2.48. The van der Waals surface area contributed by atoms with Crippen LogP contribution in [-0.2, 0) is 14.3 Å². The van der Waals surface area contributed by atoms with Crippen molar-refractivity contribution in [2.45, 2.75) is 13.8 Å². The third-order valence-electron chi connectivity index (χ3n) is 2.48. The van der Waals surface area contributed by atoms with Crippen LogP contribution in [0.2, 0.25) is 0 Å². The predicted octanol–water partition coefficient (Wildman–Crippen LogP) is 3.21. The molecule has 126 valence electrons. The Morgan fingerprint density at radius 3 is 2.35 bits per heavy atom. The number of hydrogen-bond acceptors (Lipinski definition) is 5. The van der Waals surface area contributed by atoms with Crippen molar-refractivity contribution >= 4 is 28.9 Å². The van der Waals surface area contributed by atoms with Crippen LogP contribution in [0.3, 0.4) is 0 Å². The lowest BCUT2D eigenvalue weighted by molar-refractivity contribution is -0.138. The first kappa shape index (κ1) is 18.8. The Morgan fingerprint density at radius 2 is 1.78 bits per heavy atom. The molecule has 1 aromatic carbocycles. The zero-order chi connectivity index (χ0) is 17.6. The van der Waals surface area contributed by atoms with Gasteiger partial charge in [0.1, 0.15) is 4.99 Å². The number of nitrogens with one attached hydrogen (secondary N) is 1. The largest absolute Gasteiger partial charge is 0.480 e. The summed E-state index contributed by atoms with van der Waals surface area (Å²) in [7, 11) is 0. The Labute approximate surface area is 135 Å². The topological polar surface area (TPSA) is 67.8 Å². The first-order chi connectivity index (χ1) is 10.8. The maximum atomic E-state index is 13.6. The fourth-order valence-electron chi connectivity index (χ4n) is 1.50. The van der Waals surface area contributed by atoms with E-state index in [0.717, 1.165) is 6.07 Å². The molecule has 0 saturated carbocycles. The van der Waals surface area contributed by atoms with Crippen molar-refractivity contribution in [3.63, 3.8) is 0 Å². The molecular weight excluding hydrogens is 335 g/mol. The number of aliphatic hydroxyl groups excluding tert-OH is 1. The molecule has 0 aliphatic heterocycles. The summed E-state index contributed by atoms with van der Waals surface area (Å²) in [5.74, 6) is -6.44. The summed E-state index contributed by atoms with van der Waals surface area (Å²) in [4.78, 5) is 11.3. The van der Waals surface area contributed by atoms with Gasteiger partial charge in [-0.1, -0.05) is 12.2 Å². The van der Waals surface area contributed by atoms with Crippen LogP contribution in [0.15, 0.2) is 23.7 Å². The number of anilines is 1. The van der Waals surface area contributed by atoms with Gasteiger partial charge in [0.05, 0.1) is 18.9 Å². The number of aliphatic hydroxyl groups is 1. The van der Waals surface area contributed by atoms with Gasteiger partial charge in [0, 0.05) is 0 Å². The normalized spacial score (nSPS) is 11.5. The van der Waals surface area contributed by atoms with Gasteiger partial charge >= 0.3 is 5.97 Å². The lowest BCUT2D eigenvalue weighted by Gasteiger charge is -2.13. The van der Waals surface area contributed by atoms with Gasteiger partial charge in [0.15, 0.2) is 23.0 Å². The number of esters is 1. The molecule has 1 aromatic rings. The molecule has 0 heterocycles. The standard InChI is InChI=1S/C14H14F3NO4S/c1-3-21-13(19)9(14(20)22-4-2)12(23)18-8-6-5-7(15)10(16)11(8)17/h5-6,19H,3-4H2,1-2H3,(H,18,23). The van der Waals surface area contributed by atoms with E-state index >= 15 is 0 Å². The maximum Gasteiger partial charge on any atom is 0.348 e. The Balaban J connectivity index is 3.15. The predicted molar refractivity (Wildman–Crippen MR) is 80.5 cm³/mol. The van der Waals surface area contributed by atoms with Crippen LogP contribution in [0.25, 0.3) is 0 Å². The minimum Gasteiger partial charge on any atom is -0.480 e. The van der Waals surface area contributed by atoms with Gasteiger partial charge in [0.2, 0.25) is 0 Å². The number of benzene rings is 1. The number of halogens is 3. The van der Waals surface area contributed by atoms with Crippen molar-refractivity contribution in [2.24, 2.45) is 0 Å². The number of carbonyl (C=O) groups is 1. The maximum absolute atomic E-state index is 13.6. The van der Waals surface area contributed by atoms with E-state index < -0.39 is 45.6 Å². The molecule has 0 radical (unpaired) electrons. The van der Waals surface area contributed by atoms with Gasteiger partial charge < -0.3 is 19.9 Å². The highest BCUT2D eigenvalue weighted by molar-refractivity contribution is 7.81. The van der Waals surface area contributed by atoms with E-state index in [1.807, 2.05) is 0 Å². The van der Waals surface area contributed by atoms with Gasteiger partial charge in [0.25, 0.3) is 5.95 Å². The Morgan fingerprint density at radius 1 is 1.17 bits per heavy atom. The summed E-state index contributed by atoms with van der Waals surface area (Å²) in [6.45, 7) is 3.09. The van der Waals surface area contributed by atoms with E-state index in [-0.39, 0.29) is 13.2 Å². The molecule has 5 nitrogen and oxygen atoms in total. The van der Waals surface area contributed by atoms with E-state index in [2.05, 4.69) is 5.32 Å². The second-order valence-electron chi connectivity index (χ2n) is 4.01. The van der Waals surface area contributed by atoms with Crippen molar-refractivity contribution in [1.29, 1.82) is 0 Å². The van der Waals surface area contributed by atoms with Crippen LogP contribution in [0.4, 0.5) is 18.9 Å². The van der Waals surface area contributed by atoms with Crippen LogP contribution in [0.1, 0.15) is 13.8 Å². The molecule has 0 atom stereocenters. The van der Waals surface area contributed by atoms with Gasteiger partial charge in [-0.15, -0.1) is 0 Å². The summed E-state index contributed by atoms with van der Waals surface area (Å²) in [5.41, 5.74) is -1.08. The van der Waals surface area contributed by atoms with Crippen molar-refractivity contribution in [3.8, 4) is 0 Å². The minimum atomic E-state index is -1.70. The van der Waals surface area contributed by atoms with Crippen molar-refractivity contribution in [1.82, 2.24) is 0 Å². The fourth-order valence-corrected chi connectivity index (χ4v) is 1.78. The summed E-state index contributed by atoms with van der Waals surface area (Å²) < 4.78 is 49.2. The molecule has 0 saturated heterocycles. The van der Waals surface area contributed by atoms with Crippen molar-refractivity contribution in [2.75, 3.05) is 18.5 Å². The Hall–Kier alpha value is -2.29. The molecular formula is C14H14F3NO4S. The summed E-state index contributed by atoms with van der Waals surface area (Å²) in [6, 6.07) is 1.57. The number of ether oxygens (including phenoxy) is 2. The van der Waals surface area contributed by atoms with Crippen LogP contribution >= 0.6 is 12.2 Å². The Bertz CT molecular complexity index is 649. The lowest BCUT2D eigenvalue weighted by atomic mass is 10.2. The first-order valence-electron chi connectivity index (χ1n) is 6.51. The third-order valence-corrected chi connectivity index (χ3v) is 2.79. The quantitative estimate of drug-likeness (QED) is 0.270. The summed E-state index contributed by atoms with van der Waals surface area (Å²) in [6.07, 6.45) is 0. The molecule has 1 rings (SSSR count). The second kappa shape index (κ2) is 8.37. The van der Waals surface area contributed by atoms with Gasteiger partial charge in [-0.3, -0.25) is 0 Å². The molecule has 9 heteroatoms. The molecule has 0 unspecified atom stereocenters. The first-order valence-corrected chi connectivity index (χ1v) is 6.92. The minimum absolute atomic E-state index is 0.0100. The SMILES string of the molecule is CCOC(=O)C(C(=S)Nc1ccc(F)c(F)c1F)=C(O)OCC. The molecule has 23 heavy (non-hydrogen) atoms. The smallest absolute Gasteiger partial charge is 0.348 e. The summed E-state index contributed by atoms with van der Waals surface area (Å²) >= 11 is 4.88. The lowest BCUT2D eigenvalue weighted by Crippen LogP contribution is -2.24. The monoisotopic (exact) mass is 349 g/mol. The highest BCUT2D eigenvalue weighted by Crippen LogP contribution is 2.21. The van der Waals surface area contributed by atoms with Crippen molar-refractivity contribution < 1.29 is 32.5 Å². The van der Waals surface area contributed by atoms with E-state index in [0.29, 0.717) is 6.07 Å². The fraction of sp³-hybridized carbons (Fsp3) is 0.286. The highest BCUT2D eigenvalue weighted by Gasteiger charge is 2.25. The van der Waals surface area contributed by atoms with Gasteiger partial charge in [-0.05, 0) is 26.0 Å². The molecule has 0 aromatic heterocycles. The van der Waals surface area contributed by atoms with E-state index in [9.17, 15) is 23.1 Å². The molecule has 0 aliphatic rings. The number of hydrogen-bond donors (Lipinski definition) is 2. The zero-order valence-electron chi connectivity index (χ0n) is 12.3. The van der Waals surface area contributed by atoms with Crippen LogP contribution in [0.5, 0.6) is 0 Å². The molecule has 2 N–H and O–H groups in total. The molecule has 0 amide bonds. The van der Waals surface area contributed by atoms with Crippen LogP contribution < -0.4 is 5.32 Å². The highest BCUT2D eigenvalue weighted by atomic mass is 32.1. The van der Waals surface area contributed by atoms with Crippen LogP contribution in [0, 0.1) is 17.5 Å². The number of thiocarbonyl (C=S) groups is 1. The summed E-state index contributed by atoms with van der Waals surface area (Å²) in [5, 5.41) is 11.9. The third kappa shape index (κ3) is 4.59. The Kier molecular flexibility index (Phi) is 6.83. The van der Waals surface area contributed by atoms with Crippen LogP contribution in [-0.4, -0.2) is 29.3 Å². The van der Waals surface area contributed by atoms with E-state index in [1.165, 1.54) is 6.92 Å². The zero-order valence-corrected chi connectivity index (χ0v) is 13.1. The van der Waals surface area contributed by atoms with E-state index in [4.69, 9.17) is 21.7 Å². The van der Waals surface area contributed by atoms with Gasteiger partial charge in [-0.25, -0.2) is 18.0 Å². The number of carbonyl (C=O) groups excluding carboxylic acids is 1. The van der Waals surface area contributed by atoms with Crippen molar-refractivity contribution in [3.05, 3.63) is 41.1 Å². The average molecular weight is 349 g/mol. The molecule has 0 bridgehead atoms. The molecule has 0 fully saturated rings. The number of rotatable bonds is 6. The molecule has 0 spiro atoms. The van der Waals surface area contributed by atoms with Gasteiger partial charge in [-0.2, -0.15) is 0 Å². The molecule has 0 aliphatic carbocycles. The second-order valence-corrected chi connectivity index (χ2v) is 4.42. The van der Waals surface area contributed by atoms with E-state index in [1.54, 1.807) is 6.92 Å².